The molecule has 4 aromatic rings. The molecule has 0 bridgehead atoms. The van der Waals surface area contributed by atoms with E-state index in [1.54, 1.807) is 12.4 Å². The summed E-state index contributed by atoms with van der Waals surface area (Å²) < 4.78 is 0. The molecule has 0 radical (unpaired) electrons. The van der Waals surface area contributed by atoms with Gasteiger partial charge in [-0.1, -0.05) is 66.7 Å². The largest absolute Gasteiger partial charge is 0.366 e. The lowest BCUT2D eigenvalue weighted by Crippen LogP contribution is -2.36. The van der Waals surface area contributed by atoms with Crippen molar-refractivity contribution in [1.29, 1.82) is 0 Å². The third kappa shape index (κ3) is 3.86. The van der Waals surface area contributed by atoms with Gasteiger partial charge in [-0.15, -0.1) is 0 Å². The molecule has 5 nitrogen and oxygen atoms in total. The quantitative estimate of drug-likeness (QED) is 0.371. The summed E-state index contributed by atoms with van der Waals surface area (Å²) in [5.41, 5.74) is 3.41. The van der Waals surface area contributed by atoms with Crippen LogP contribution in [0.15, 0.2) is 103 Å². The van der Waals surface area contributed by atoms with Crippen molar-refractivity contribution in [1.82, 2.24) is 9.88 Å². The molecule has 1 aliphatic rings. The lowest BCUT2D eigenvalue weighted by Gasteiger charge is -2.25. The van der Waals surface area contributed by atoms with Crippen LogP contribution in [-0.2, 0) is 16.0 Å². The molecular formula is C29H25N3O2. The fourth-order valence-electron chi connectivity index (χ4n) is 4.54. The average molecular weight is 448 g/mol. The van der Waals surface area contributed by atoms with Gasteiger partial charge in [-0.2, -0.15) is 0 Å². The third-order valence-corrected chi connectivity index (χ3v) is 6.25. The van der Waals surface area contributed by atoms with E-state index >= 15 is 0 Å². The van der Waals surface area contributed by atoms with Crippen molar-refractivity contribution in [3.8, 4) is 0 Å². The molecule has 0 aliphatic carbocycles. The Morgan fingerprint density at radius 1 is 0.794 bits per heavy atom. The van der Waals surface area contributed by atoms with Crippen molar-refractivity contribution < 1.29 is 9.59 Å². The topological polar surface area (TPSA) is 53.5 Å². The minimum Gasteiger partial charge on any atom is -0.366 e. The summed E-state index contributed by atoms with van der Waals surface area (Å²) in [4.78, 5) is 35.3. The number of imide groups is 1. The molecule has 0 unspecified atom stereocenters. The smallest absolute Gasteiger partial charge is 0.282 e. The summed E-state index contributed by atoms with van der Waals surface area (Å²) in [6.07, 6.45) is 4.29. The number of likely N-dealkylation sites (N-methyl/N-ethyl adjacent to an activating group) is 1. The Bertz CT molecular complexity index is 1380. The molecular weight excluding hydrogens is 422 g/mol. The van der Waals surface area contributed by atoms with Gasteiger partial charge in [0.2, 0.25) is 0 Å². The highest BCUT2D eigenvalue weighted by Gasteiger charge is 2.42. The molecule has 168 valence electrons. The van der Waals surface area contributed by atoms with Gasteiger partial charge in [0.25, 0.3) is 11.8 Å². The Labute approximate surface area is 199 Å². The number of pyridine rings is 1. The summed E-state index contributed by atoms with van der Waals surface area (Å²) >= 11 is 0. The van der Waals surface area contributed by atoms with Crippen LogP contribution >= 0.6 is 0 Å². The molecule has 0 fully saturated rings. The molecule has 1 aromatic heterocycles. The fraction of sp³-hybridized carbons (Fsp3) is 0.138. The SMILES string of the molecule is CCN(CCc1ccncc1)C1=C(c2ccccc2)C(=O)N(c2cccc3ccccc23)C1=O. The standard InChI is InChI=1S/C29H25N3O2/c1-2-31(20-17-21-15-18-30-19-16-21)27-26(23-10-4-3-5-11-23)28(33)32(29(27)34)25-14-8-12-22-9-6-7-13-24(22)25/h3-16,18-19H,2,17,20H2,1H3. The maximum atomic E-state index is 14.0. The van der Waals surface area contributed by atoms with Crippen LogP contribution in [0.5, 0.6) is 0 Å². The first-order chi connectivity index (χ1) is 16.7. The maximum absolute atomic E-state index is 14.0. The average Bonchev–Trinajstić information content (AvgIpc) is 3.15. The Balaban J connectivity index is 1.59. The van der Waals surface area contributed by atoms with Crippen LogP contribution in [0.3, 0.4) is 0 Å². The number of rotatable bonds is 7. The van der Waals surface area contributed by atoms with Gasteiger partial charge < -0.3 is 4.90 Å². The minimum absolute atomic E-state index is 0.281. The number of fused-ring (bicyclic) bond motifs is 1. The molecule has 0 atom stereocenters. The van der Waals surface area contributed by atoms with E-state index in [9.17, 15) is 9.59 Å². The molecule has 1 aliphatic heterocycles. The van der Waals surface area contributed by atoms with Gasteiger partial charge in [0.1, 0.15) is 5.70 Å². The van der Waals surface area contributed by atoms with E-state index in [2.05, 4.69) is 4.98 Å². The van der Waals surface area contributed by atoms with Crippen LogP contribution in [0.1, 0.15) is 18.1 Å². The normalized spacial score (nSPS) is 13.7. The Morgan fingerprint density at radius 2 is 1.50 bits per heavy atom. The summed E-state index contributed by atoms with van der Waals surface area (Å²) in [5, 5.41) is 1.86. The summed E-state index contributed by atoms with van der Waals surface area (Å²) in [6, 6.07) is 27.0. The van der Waals surface area contributed by atoms with E-state index in [1.165, 1.54) is 4.90 Å². The van der Waals surface area contributed by atoms with Gasteiger partial charge in [0.05, 0.1) is 11.3 Å². The van der Waals surface area contributed by atoms with Gasteiger partial charge in [-0.05, 0) is 48.1 Å². The molecule has 0 saturated carbocycles. The number of nitrogens with zero attached hydrogens (tertiary/aromatic N) is 3. The second kappa shape index (κ2) is 9.32. The number of hydrogen-bond donors (Lipinski definition) is 0. The van der Waals surface area contributed by atoms with Crippen molar-refractivity contribution in [2.24, 2.45) is 0 Å². The van der Waals surface area contributed by atoms with Crippen LogP contribution in [0.25, 0.3) is 16.3 Å². The van der Waals surface area contributed by atoms with Crippen LogP contribution in [0, 0.1) is 0 Å². The molecule has 0 saturated heterocycles. The number of aromatic nitrogens is 1. The van der Waals surface area contributed by atoms with Gasteiger partial charge >= 0.3 is 0 Å². The molecule has 2 amide bonds. The summed E-state index contributed by atoms with van der Waals surface area (Å²) in [6.45, 7) is 3.24. The second-order valence-electron chi connectivity index (χ2n) is 8.22. The highest BCUT2D eigenvalue weighted by atomic mass is 16.2. The Morgan fingerprint density at radius 3 is 2.26 bits per heavy atom. The molecule has 5 rings (SSSR count). The fourth-order valence-corrected chi connectivity index (χ4v) is 4.54. The van der Waals surface area contributed by atoms with Crippen molar-refractivity contribution >= 4 is 33.8 Å². The summed E-state index contributed by atoms with van der Waals surface area (Å²) in [7, 11) is 0. The van der Waals surface area contributed by atoms with E-state index in [0.717, 1.165) is 28.3 Å². The van der Waals surface area contributed by atoms with Crippen LogP contribution < -0.4 is 4.90 Å². The first kappa shape index (κ1) is 21.6. The van der Waals surface area contributed by atoms with E-state index < -0.39 is 0 Å². The zero-order valence-corrected chi connectivity index (χ0v) is 19.0. The second-order valence-corrected chi connectivity index (χ2v) is 8.22. The van der Waals surface area contributed by atoms with E-state index in [4.69, 9.17) is 0 Å². The maximum Gasteiger partial charge on any atom is 0.282 e. The number of carbonyl (C=O) groups is 2. The zero-order chi connectivity index (χ0) is 23.5. The van der Waals surface area contributed by atoms with Crippen LogP contribution in [0.4, 0.5) is 5.69 Å². The van der Waals surface area contributed by atoms with Crippen molar-refractivity contribution in [2.75, 3.05) is 18.0 Å². The first-order valence-corrected chi connectivity index (χ1v) is 11.5. The lowest BCUT2D eigenvalue weighted by atomic mass is 10.0. The molecule has 0 spiro atoms. The minimum atomic E-state index is -0.287. The number of hydrogen-bond acceptors (Lipinski definition) is 4. The molecule has 2 heterocycles. The van der Waals surface area contributed by atoms with Crippen LogP contribution in [-0.4, -0.2) is 34.8 Å². The van der Waals surface area contributed by atoms with Crippen molar-refractivity contribution in [3.63, 3.8) is 0 Å². The number of carbonyl (C=O) groups excluding carboxylic acids is 2. The number of anilines is 1. The van der Waals surface area contributed by atoms with E-state index in [-0.39, 0.29) is 11.8 Å². The van der Waals surface area contributed by atoms with E-state index in [1.807, 2.05) is 96.8 Å². The predicted octanol–water partition coefficient (Wildman–Crippen LogP) is 5.08. The highest BCUT2D eigenvalue weighted by Crippen LogP contribution is 2.37. The molecule has 5 heteroatoms. The molecule has 3 aromatic carbocycles. The monoisotopic (exact) mass is 447 g/mol. The summed E-state index contributed by atoms with van der Waals surface area (Å²) in [5.74, 6) is -0.568. The number of benzene rings is 3. The predicted molar refractivity (Wildman–Crippen MR) is 135 cm³/mol. The van der Waals surface area contributed by atoms with E-state index in [0.29, 0.717) is 30.0 Å². The number of amides is 2. The Hall–Kier alpha value is -4.25. The van der Waals surface area contributed by atoms with Gasteiger partial charge in [0, 0.05) is 30.9 Å². The van der Waals surface area contributed by atoms with Gasteiger partial charge in [0.15, 0.2) is 0 Å². The van der Waals surface area contributed by atoms with Gasteiger partial charge in [-0.25, -0.2) is 4.90 Å². The zero-order valence-electron chi connectivity index (χ0n) is 19.0. The molecule has 0 N–H and O–H groups in total. The first-order valence-electron chi connectivity index (χ1n) is 11.5. The van der Waals surface area contributed by atoms with Gasteiger partial charge in [-0.3, -0.25) is 14.6 Å². The van der Waals surface area contributed by atoms with Crippen LogP contribution in [0.2, 0.25) is 0 Å². The van der Waals surface area contributed by atoms with Crippen molar-refractivity contribution in [2.45, 2.75) is 13.3 Å². The Kier molecular flexibility index (Phi) is 5.91. The third-order valence-electron chi connectivity index (χ3n) is 6.25. The highest BCUT2D eigenvalue weighted by molar-refractivity contribution is 6.46. The lowest BCUT2D eigenvalue weighted by molar-refractivity contribution is -0.120. The van der Waals surface area contributed by atoms with Crippen molar-refractivity contribution in [3.05, 3.63) is 114 Å². The molecule has 34 heavy (non-hydrogen) atoms.